The van der Waals surface area contributed by atoms with Crippen molar-refractivity contribution in [3.63, 3.8) is 0 Å². The topological polar surface area (TPSA) is 21.3 Å². The highest BCUT2D eigenvalue weighted by Gasteiger charge is 2.58. The van der Waals surface area contributed by atoms with Gasteiger partial charge in [0.25, 0.3) is 0 Å². The van der Waals surface area contributed by atoms with Gasteiger partial charge >= 0.3 is 0 Å². The lowest BCUT2D eigenvalue weighted by Gasteiger charge is -2.59. The van der Waals surface area contributed by atoms with Gasteiger partial charge in [0.2, 0.25) is 0 Å². The first-order valence-corrected chi connectivity index (χ1v) is 5.31. The molecule has 0 saturated heterocycles. The summed E-state index contributed by atoms with van der Waals surface area (Å²) in [5.41, 5.74) is 0.365. The van der Waals surface area contributed by atoms with E-state index in [1.807, 2.05) is 7.11 Å². The predicted octanol–water partition coefficient (Wildman–Crippen LogP) is 1.94. The Morgan fingerprint density at radius 1 is 1.23 bits per heavy atom. The molecule has 1 N–H and O–H groups in total. The van der Waals surface area contributed by atoms with Crippen molar-refractivity contribution in [1.29, 1.82) is 0 Å². The van der Waals surface area contributed by atoms with Crippen molar-refractivity contribution < 1.29 is 4.74 Å². The summed E-state index contributed by atoms with van der Waals surface area (Å²) in [5.74, 6) is 0. The third-order valence-electron chi connectivity index (χ3n) is 4.29. The molecule has 0 bridgehead atoms. The van der Waals surface area contributed by atoms with Gasteiger partial charge in [-0.1, -0.05) is 13.8 Å². The van der Waals surface area contributed by atoms with Crippen LogP contribution in [0.2, 0.25) is 0 Å². The molecule has 2 unspecified atom stereocenters. The zero-order valence-corrected chi connectivity index (χ0v) is 9.18. The number of methoxy groups -OCH3 is 1. The van der Waals surface area contributed by atoms with Gasteiger partial charge in [-0.05, 0) is 26.2 Å². The average molecular weight is 183 g/mol. The minimum Gasteiger partial charge on any atom is -0.378 e. The van der Waals surface area contributed by atoms with E-state index < -0.39 is 0 Å². The van der Waals surface area contributed by atoms with Crippen LogP contribution in [0.5, 0.6) is 0 Å². The van der Waals surface area contributed by atoms with Gasteiger partial charge in [-0.2, -0.15) is 0 Å². The molecule has 2 aliphatic carbocycles. The summed E-state index contributed by atoms with van der Waals surface area (Å²) < 4.78 is 5.58. The van der Waals surface area contributed by atoms with E-state index in [4.69, 9.17) is 4.74 Å². The first kappa shape index (κ1) is 9.47. The number of nitrogens with one attached hydrogen (secondary N) is 1. The summed E-state index contributed by atoms with van der Waals surface area (Å²) in [6.07, 6.45) is 3.90. The second kappa shape index (κ2) is 2.71. The Bertz CT molecular complexity index is 210. The van der Waals surface area contributed by atoms with Gasteiger partial charge < -0.3 is 10.1 Å². The van der Waals surface area contributed by atoms with Gasteiger partial charge in [-0.25, -0.2) is 0 Å². The molecule has 0 radical (unpaired) electrons. The van der Waals surface area contributed by atoms with Crippen LogP contribution in [-0.2, 0) is 4.74 Å². The maximum atomic E-state index is 5.58. The Morgan fingerprint density at radius 3 is 2.23 bits per heavy atom. The van der Waals surface area contributed by atoms with Crippen LogP contribution in [0.15, 0.2) is 0 Å². The van der Waals surface area contributed by atoms with Crippen molar-refractivity contribution >= 4 is 0 Å². The van der Waals surface area contributed by atoms with E-state index in [0.717, 1.165) is 12.5 Å². The fourth-order valence-electron chi connectivity index (χ4n) is 2.29. The van der Waals surface area contributed by atoms with Crippen LogP contribution in [0.25, 0.3) is 0 Å². The highest BCUT2D eigenvalue weighted by molar-refractivity contribution is 5.12. The second-order valence-corrected chi connectivity index (χ2v) is 5.35. The third kappa shape index (κ3) is 1.31. The predicted molar refractivity (Wildman–Crippen MR) is 53.8 cm³/mol. The molecular weight excluding hydrogens is 162 g/mol. The molecule has 0 spiro atoms. The minimum absolute atomic E-state index is 0.0829. The van der Waals surface area contributed by atoms with Gasteiger partial charge in [-0.15, -0.1) is 0 Å². The molecule has 2 nitrogen and oxygen atoms in total. The van der Waals surface area contributed by atoms with Crippen LogP contribution in [-0.4, -0.2) is 24.8 Å². The second-order valence-electron chi connectivity index (χ2n) is 5.35. The number of rotatable bonds is 3. The van der Waals surface area contributed by atoms with Crippen molar-refractivity contribution in [2.75, 3.05) is 7.11 Å². The summed E-state index contributed by atoms with van der Waals surface area (Å²) in [4.78, 5) is 0. The van der Waals surface area contributed by atoms with Crippen LogP contribution in [0.1, 0.15) is 40.0 Å². The summed E-state index contributed by atoms with van der Waals surface area (Å²) >= 11 is 0. The van der Waals surface area contributed by atoms with Gasteiger partial charge in [0, 0.05) is 24.6 Å². The fraction of sp³-hybridized carbons (Fsp3) is 1.00. The zero-order chi connectivity index (χ0) is 9.69. The van der Waals surface area contributed by atoms with Gasteiger partial charge in [-0.3, -0.25) is 0 Å². The first-order chi connectivity index (χ1) is 5.99. The largest absolute Gasteiger partial charge is 0.378 e. The quantitative estimate of drug-likeness (QED) is 0.722. The molecule has 2 fully saturated rings. The number of hydrogen-bond acceptors (Lipinski definition) is 2. The van der Waals surface area contributed by atoms with Gasteiger partial charge in [0.1, 0.15) is 0 Å². The van der Waals surface area contributed by atoms with E-state index in [2.05, 4.69) is 26.1 Å². The van der Waals surface area contributed by atoms with Crippen LogP contribution in [0.4, 0.5) is 0 Å². The van der Waals surface area contributed by atoms with E-state index >= 15 is 0 Å². The molecule has 2 atom stereocenters. The molecule has 0 aromatic carbocycles. The van der Waals surface area contributed by atoms with Gasteiger partial charge in [0.05, 0.1) is 5.60 Å². The molecule has 2 rings (SSSR count). The van der Waals surface area contributed by atoms with Crippen LogP contribution in [0, 0.1) is 5.41 Å². The first-order valence-electron chi connectivity index (χ1n) is 5.31. The summed E-state index contributed by atoms with van der Waals surface area (Å²) in [7, 11) is 1.83. The van der Waals surface area contributed by atoms with E-state index in [9.17, 15) is 0 Å². The number of hydrogen-bond donors (Lipinski definition) is 1. The third-order valence-corrected chi connectivity index (χ3v) is 4.29. The molecule has 2 aliphatic rings. The van der Waals surface area contributed by atoms with Crippen molar-refractivity contribution in [1.82, 2.24) is 5.32 Å². The smallest absolute Gasteiger partial charge is 0.0731 e. The lowest BCUT2D eigenvalue weighted by molar-refractivity contribution is -0.180. The molecule has 0 heterocycles. The Kier molecular flexibility index (Phi) is 1.97. The Balaban J connectivity index is 1.95. The molecule has 0 aromatic rings. The summed E-state index contributed by atoms with van der Waals surface area (Å²) in [5, 5.41) is 3.69. The summed E-state index contributed by atoms with van der Waals surface area (Å²) in [6.45, 7) is 6.83. The maximum Gasteiger partial charge on any atom is 0.0731 e. The van der Waals surface area contributed by atoms with Crippen LogP contribution in [0.3, 0.4) is 0 Å². The Labute approximate surface area is 81.0 Å². The molecular formula is C11H21NO. The molecule has 2 saturated carbocycles. The van der Waals surface area contributed by atoms with E-state index in [1.165, 1.54) is 12.8 Å². The minimum atomic E-state index is 0.0829. The molecule has 76 valence electrons. The fourth-order valence-corrected chi connectivity index (χ4v) is 2.29. The van der Waals surface area contributed by atoms with Crippen LogP contribution < -0.4 is 5.32 Å². The van der Waals surface area contributed by atoms with Crippen molar-refractivity contribution in [3.8, 4) is 0 Å². The molecule has 0 amide bonds. The highest BCUT2D eigenvalue weighted by Crippen LogP contribution is 2.52. The van der Waals surface area contributed by atoms with Gasteiger partial charge in [0.15, 0.2) is 0 Å². The highest BCUT2D eigenvalue weighted by atomic mass is 16.5. The molecule has 2 heteroatoms. The summed E-state index contributed by atoms with van der Waals surface area (Å²) in [6, 6.07) is 1.47. The molecule has 0 aliphatic heterocycles. The van der Waals surface area contributed by atoms with Crippen molar-refractivity contribution in [3.05, 3.63) is 0 Å². The SMILES string of the molecule is COC1(C)CC(NC2CC2)C1(C)C. The van der Waals surface area contributed by atoms with E-state index in [-0.39, 0.29) is 11.0 Å². The normalized spacial score (nSPS) is 42.9. The van der Waals surface area contributed by atoms with Crippen molar-refractivity contribution in [2.24, 2.45) is 5.41 Å². The standard InChI is InChI=1S/C11H21NO/c1-10(2)9(12-8-5-6-8)7-11(10,3)13-4/h8-9,12H,5-7H2,1-4H3. The lowest BCUT2D eigenvalue weighted by atomic mass is 9.56. The Morgan fingerprint density at radius 2 is 1.85 bits per heavy atom. The van der Waals surface area contributed by atoms with E-state index in [1.54, 1.807) is 0 Å². The Hall–Kier alpha value is -0.0800. The molecule has 13 heavy (non-hydrogen) atoms. The van der Waals surface area contributed by atoms with Crippen molar-refractivity contribution in [2.45, 2.75) is 57.7 Å². The zero-order valence-electron chi connectivity index (χ0n) is 9.18. The number of ether oxygens (including phenoxy) is 1. The van der Waals surface area contributed by atoms with Crippen LogP contribution >= 0.6 is 0 Å². The molecule has 0 aromatic heterocycles. The average Bonchev–Trinajstić information content (AvgIpc) is 2.87. The maximum absolute atomic E-state index is 5.58. The lowest BCUT2D eigenvalue weighted by Crippen LogP contribution is -2.68. The monoisotopic (exact) mass is 183 g/mol. The van der Waals surface area contributed by atoms with E-state index in [0.29, 0.717) is 6.04 Å².